The summed E-state index contributed by atoms with van der Waals surface area (Å²) in [5.74, 6) is -1.38. The molecule has 2 atom stereocenters. The van der Waals surface area contributed by atoms with Crippen molar-refractivity contribution in [2.75, 3.05) is 20.1 Å². The van der Waals surface area contributed by atoms with Crippen molar-refractivity contribution in [2.24, 2.45) is 11.0 Å². The Balaban J connectivity index is 2.67. The van der Waals surface area contributed by atoms with Crippen molar-refractivity contribution in [1.82, 2.24) is 4.90 Å². The Morgan fingerprint density at radius 2 is 2.07 bits per heavy atom. The second-order valence-electron chi connectivity index (χ2n) is 3.55. The summed E-state index contributed by atoms with van der Waals surface area (Å²) in [6.07, 6.45) is -4.30. The first kappa shape index (κ1) is 11.1. The third-order valence-corrected chi connectivity index (χ3v) is 2.29. The van der Waals surface area contributed by atoms with Crippen LogP contribution >= 0.6 is 0 Å². The molecule has 1 fully saturated rings. The minimum Gasteiger partial charge on any atom is -0.305 e. The molecular weight excluding hydrogens is 197 g/mol. The van der Waals surface area contributed by atoms with Crippen molar-refractivity contribution >= 4 is 0 Å². The first-order valence-electron chi connectivity index (χ1n) is 4.23. The molecule has 0 unspecified atom stereocenters. The molecular formula is C7H11F3N4. The van der Waals surface area contributed by atoms with Crippen molar-refractivity contribution in [3.63, 3.8) is 0 Å². The van der Waals surface area contributed by atoms with E-state index in [0.29, 0.717) is 6.54 Å². The van der Waals surface area contributed by atoms with E-state index >= 15 is 0 Å². The summed E-state index contributed by atoms with van der Waals surface area (Å²) in [5, 5.41) is 3.34. The van der Waals surface area contributed by atoms with Crippen LogP contribution in [0, 0.1) is 5.92 Å². The van der Waals surface area contributed by atoms with E-state index in [9.17, 15) is 13.2 Å². The molecule has 0 N–H and O–H groups in total. The second-order valence-corrected chi connectivity index (χ2v) is 3.55. The predicted octanol–water partition coefficient (Wildman–Crippen LogP) is 2.18. The standard InChI is InChI=1S/C7H11F3N4/c1-14-3-5(7(8,9)10)2-6(4-14)12-13-11/h5-6H,2-4H2,1H3/t5-,6+/m1/s1. The third-order valence-electron chi connectivity index (χ3n) is 2.29. The molecule has 0 aromatic carbocycles. The zero-order valence-corrected chi connectivity index (χ0v) is 7.70. The average molecular weight is 208 g/mol. The zero-order chi connectivity index (χ0) is 10.8. The van der Waals surface area contributed by atoms with Gasteiger partial charge in [0.05, 0.1) is 12.0 Å². The van der Waals surface area contributed by atoms with Gasteiger partial charge < -0.3 is 4.90 Å². The summed E-state index contributed by atoms with van der Waals surface area (Å²) in [4.78, 5) is 4.08. The highest BCUT2D eigenvalue weighted by Crippen LogP contribution is 2.33. The van der Waals surface area contributed by atoms with E-state index in [1.54, 1.807) is 11.9 Å². The summed E-state index contributed by atoms with van der Waals surface area (Å²) >= 11 is 0. The Labute approximate surface area is 79.3 Å². The molecule has 7 heteroatoms. The number of piperidine rings is 1. The van der Waals surface area contributed by atoms with Gasteiger partial charge in [-0.15, -0.1) is 0 Å². The van der Waals surface area contributed by atoms with Crippen molar-refractivity contribution in [3.8, 4) is 0 Å². The molecule has 0 spiro atoms. The minimum atomic E-state index is -4.20. The van der Waals surface area contributed by atoms with Gasteiger partial charge in [-0.2, -0.15) is 13.2 Å². The van der Waals surface area contributed by atoms with Gasteiger partial charge >= 0.3 is 6.18 Å². The van der Waals surface area contributed by atoms with Gasteiger partial charge in [0.25, 0.3) is 0 Å². The van der Waals surface area contributed by atoms with Crippen molar-refractivity contribution in [3.05, 3.63) is 10.4 Å². The number of rotatable bonds is 1. The molecule has 80 valence electrons. The highest BCUT2D eigenvalue weighted by Gasteiger charge is 2.43. The lowest BCUT2D eigenvalue weighted by atomic mass is 9.94. The lowest BCUT2D eigenvalue weighted by Crippen LogP contribution is -2.45. The molecule has 1 rings (SSSR count). The Morgan fingerprint density at radius 1 is 1.43 bits per heavy atom. The molecule has 0 saturated carbocycles. The molecule has 1 aliphatic heterocycles. The molecule has 4 nitrogen and oxygen atoms in total. The Morgan fingerprint density at radius 3 is 2.57 bits per heavy atom. The Hall–Kier alpha value is -0.940. The van der Waals surface area contributed by atoms with Crippen molar-refractivity contribution in [2.45, 2.75) is 18.6 Å². The summed E-state index contributed by atoms with van der Waals surface area (Å²) < 4.78 is 37.1. The average Bonchev–Trinajstić information content (AvgIpc) is 2.02. The van der Waals surface area contributed by atoms with Crippen LogP contribution in [0.1, 0.15) is 6.42 Å². The number of hydrogen-bond donors (Lipinski definition) is 0. The highest BCUT2D eigenvalue weighted by atomic mass is 19.4. The fourth-order valence-corrected chi connectivity index (χ4v) is 1.68. The van der Waals surface area contributed by atoms with Crippen LogP contribution in [-0.2, 0) is 0 Å². The van der Waals surface area contributed by atoms with E-state index in [2.05, 4.69) is 10.0 Å². The normalized spacial score (nSPS) is 29.7. The molecule has 0 aliphatic carbocycles. The molecule has 0 radical (unpaired) electrons. The van der Waals surface area contributed by atoms with E-state index in [1.165, 1.54) is 0 Å². The largest absolute Gasteiger partial charge is 0.393 e. The Bertz CT molecular complexity index is 246. The van der Waals surface area contributed by atoms with Crippen LogP contribution < -0.4 is 0 Å². The summed E-state index contributed by atoms with van der Waals surface area (Å²) in [6.45, 7) is 0.386. The monoisotopic (exact) mass is 208 g/mol. The molecule has 1 saturated heterocycles. The first-order chi connectivity index (χ1) is 6.43. The third kappa shape index (κ3) is 2.78. The van der Waals surface area contributed by atoms with Gasteiger partial charge in [0.15, 0.2) is 0 Å². The fourth-order valence-electron chi connectivity index (χ4n) is 1.68. The number of hydrogen-bond acceptors (Lipinski definition) is 2. The van der Waals surface area contributed by atoms with Crippen LogP contribution in [0.25, 0.3) is 10.4 Å². The molecule has 1 heterocycles. The molecule has 0 aromatic heterocycles. The molecule has 0 amide bonds. The van der Waals surface area contributed by atoms with Crippen molar-refractivity contribution in [1.29, 1.82) is 0 Å². The SMILES string of the molecule is CN1C[C@@H](N=[N+]=[N-])C[C@@H](C(F)(F)F)C1. The van der Waals surface area contributed by atoms with Gasteiger partial charge in [-0.3, -0.25) is 0 Å². The van der Waals surface area contributed by atoms with E-state index in [1.807, 2.05) is 0 Å². The summed E-state index contributed by atoms with van der Waals surface area (Å²) in [5.41, 5.74) is 8.15. The number of alkyl halides is 3. The van der Waals surface area contributed by atoms with Gasteiger partial charge in [-0.1, -0.05) is 5.11 Å². The predicted molar refractivity (Wildman–Crippen MR) is 44.6 cm³/mol. The quantitative estimate of drug-likeness (QED) is 0.370. The highest BCUT2D eigenvalue weighted by molar-refractivity contribution is 4.85. The van der Waals surface area contributed by atoms with Crippen LogP contribution in [-0.4, -0.2) is 37.3 Å². The van der Waals surface area contributed by atoms with Crippen LogP contribution in [0.2, 0.25) is 0 Å². The van der Waals surface area contributed by atoms with E-state index in [0.717, 1.165) is 0 Å². The number of halogens is 3. The van der Waals surface area contributed by atoms with Crippen LogP contribution in [0.3, 0.4) is 0 Å². The zero-order valence-electron chi connectivity index (χ0n) is 7.70. The van der Waals surface area contributed by atoms with Crippen molar-refractivity contribution < 1.29 is 13.2 Å². The second kappa shape index (κ2) is 4.06. The van der Waals surface area contributed by atoms with E-state index < -0.39 is 18.1 Å². The maximum absolute atomic E-state index is 12.4. The minimum absolute atomic E-state index is 0.0129. The van der Waals surface area contributed by atoms with Crippen LogP contribution in [0.15, 0.2) is 5.11 Å². The molecule has 1 aliphatic rings. The van der Waals surface area contributed by atoms with Crippen LogP contribution in [0.4, 0.5) is 13.2 Å². The lowest BCUT2D eigenvalue weighted by molar-refractivity contribution is -0.186. The fraction of sp³-hybridized carbons (Fsp3) is 1.00. The molecule has 14 heavy (non-hydrogen) atoms. The van der Waals surface area contributed by atoms with Gasteiger partial charge in [0.1, 0.15) is 0 Å². The lowest BCUT2D eigenvalue weighted by Gasteiger charge is -2.34. The van der Waals surface area contributed by atoms with E-state index in [4.69, 9.17) is 5.53 Å². The van der Waals surface area contributed by atoms with Gasteiger partial charge in [-0.25, -0.2) is 0 Å². The van der Waals surface area contributed by atoms with Gasteiger partial charge in [-0.05, 0) is 19.0 Å². The summed E-state index contributed by atoms with van der Waals surface area (Å²) in [6, 6.07) is -0.564. The van der Waals surface area contributed by atoms with Crippen LogP contribution in [0.5, 0.6) is 0 Å². The number of nitrogens with zero attached hydrogens (tertiary/aromatic N) is 4. The Kier molecular flexibility index (Phi) is 3.23. The summed E-state index contributed by atoms with van der Waals surface area (Å²) in [7, 11) is 1.60. The number of azide groups is 1. The van der Waals surface area contributed by atoms with Gasteiger partial charge in [0, 0.05) is 18.0 Å². The number of likely N-dealkylation sites (tertiary alicyclic amines) is 1. The smallest absolute Gasteiger partial charge is 0.305 e. The van der Waals surface area contributed by atoms with E-state index in [-0.39, 0.29) is 13.0 Å². The maximum atomic E-state index is 12.4. The maximum Gasteiger partial charge on any atom is 0.393 e. The molecule has 0 aromatic rings. The first-order valence-corrected chi connectivity index (χ1v) is 4.23. The topological polar surface area (TPSA) is 52.0 Å². The number of likely N-dealkylation sites (N-methyl/N-ethyl adjacent to an activating group) is 1. The molecule has 0 bridgehead atoms. The van der Waals surface area contributed by atoms with Gasteiger partial charge in [0.2, 0.25) is 0 Å².